The molecule has 37 heavy (non-hydrogen) atoms. The molecule has 0 aromatic heterocycles. The molecule has 7 heteroatoms. The predicted octanol–water partition coefficient (Wildman–Crippen LogP) is 8.04. The van der Waals surface area contributed by atoms with Crippen molar-refractivity contribution in [2.45, 2.75) is 44.9 Å². The molecule has 0 amide bonds. The van der Waals surface area contributed by atoms with Crippen LogP contribution in [0.4, 0.5) is 15.8 Å². The molecule has 6 nitrogen and oxygen atoms in total. The van der Waals surface area contributed by atoms with Crippen molar-refractivity contribution in [3.63, 3.8) is 0 Å². The largest absolute Gasteiger partial charge is 0.478 e. The molecule has 0 spiro atoms. The van der Waals surface area contributed by atoms with Gasteiger partial charge in [-0.2, -0.15) is 0 Å². The van der Waals surface area contributed by atoms with Gasteiger partial charge in [0.1, 0.15) is 11.5 Å². The number of rotatable bonds is 10. The molecular formula is C30H31FN2O4. The first-order chi connectivity index (χ1) is 17.9. The lowest BCUT2D eigenvalue weighted by Crippen LogP contribution is -2.10. The third-order valence-corrected chi connectivity index (χ3v) is 6.96. The van der Waals surface area contributed by atoms with E-state index in [1.165, 1.54) is 56.4 Å². The summed E-state index contributed by atoms with van der Waals surface area (Å²) in [6, 6.07) is 15.8. The molecule has 1 saturated carbocycles. The Kier molecular flexibility index (Phi) is 8.67. The van der Waals surface area contributed by atoms with Crippen LogP contribution in [0, 0.1) is 21.8 Å². The fourth-order valence-electron chi connectivity index (χ4n) is 4.95. The second-order valence-corrected chi connectivity index (χ2v) is 9.55. The summed E-state index contributed by atoms with van der Waals surface area (Å²) >= 11 is 0. The molecule has 4 rings (SSSR count). The van der Waals surface area contributed by atoms with E-state index in [0.717, 1.165) is 29.9 Å². The van der Waals surface area contributed by atoms with E-state index in [9.17, 15) is 24.4 Å². The number of nitrogens with zero attached hydrogens (tertiary/aromatic N) is 1. The van der Waals surface area contributed by atoms with Crippen LogP contribution in [0.15, 0.2) is 60.7 Å². The van der Waals surface area contributed by atoms with Crippen LogP contribution in [-0.4, -0.2) is 22.5 Å². The van der Waals surface area contributed by atoms with E-state index in [4.69, 9.17) is 0 Å². The van der Waals surface area contributed by atoms with Crippen LogP contribution >= 0.6 is 0 Å². The average Bonchev–Trinajstić information content (AvgIpc) is 2.91. The number of aromatic carboxylic acids is 1. The van der Waals surface area contributed by atoms with E-state index in [2.05, 4.69) is 5.32 Å². The lowest BCUT2D eigenvalue weighted by atomic mass is 9.86. The number of carboxylic acid groups (broad SMARTS) is 1. The third-order valence-electron chi connectivity index (χ3n) is 6.96. The molecule has 1 fully saturated rings. The Labute approximate surface area is 216 Å². The highest BCUT2D eigenvalue weighted by molar-refractivity contribution is 5.94. The second kappa shape index (κ2) is 12.3. The van der Waals surface area contributed by atoms with Gasteiger partial charge in [-0.25, -0.2) is 9.18 Å². The molecule has 1 aliphatic rings. The minimum absolute atomic E-state index is 0.0154. The van der Waals surface area contributed by atoms with Crippen LogP contribution < -0.4 is 5.32 Å². The number of nitrogens with one attached hydrogen (secondary N) is 1. The van der Waals surface area contributed by atoms with Gasteiger partial charge in [0, 0.05) is 12.6 Å². The highest BCUT2D eigenvalue weighted by Gasteiger charge is 2.16. The summed E-state index contributed by atoms with van der Waals surface area (Å²) in [4.78, 5) is 23.1. The predicted molar refractivity (Wildman–Crippen MR) is 145 cm³/mol. The number of carbonyl (C=O) groups is 1. The molecule has 0 unspecified atom stereocenters. The van der Waals surface area contributed by atoms with Crippen molar-refractivity contribution in [2.75, 3.05) is 11.9 Å². The summed E-state index contributed by atoms with van der Waals surface area (Å²) in [6.07, 6.45) is 11.9. The minimum atomic E-state index is -1.08. The van der Waals surface area contributed by atoms with Crippen LogP contribution in [0.2, 0.25) is 0 Å². The molecule has 0 saturated heterocycles. The summed E-state index contributed by atoms with van der Waals surface area (Å²) in [5.74, 6) is -0.658. The van der Waals surface area contributed by atoms with Gasteiger partial charge in [-0.3, -0.25) is 10.1 Å². The van der Waals surface area contributed by atoms with Crippen LogP contribution in [0.5, 0.6) is 0 Å². The SMILES string of the molecule is O=C(O)c1ccc(-c2ccc(F)cc2)cc1C=Cc1ccc(NCCCC2CCCCC2)c([N+](=O)[O-])c1. The molecule has 0 bridgehead atoms. The van der Waals surface area contributed by atoms with Crippen molar-refractivity contribution in [2.24, 2.45) is 5.92 Å². The number of hydrogen-bond acceptors (Lipinski definition) is 4. The van der Waals surface area contributed by atoms with Crippen LogP contribution in [0.3, 0.4) is 0 Å². The molecule has 192 valence electrons. The molecule has 3 aromatic rings. The van der Waals surface area contributed by atoms with Gasteiger partial charge in [-0.1, -0.05) is 68.5 Å². The summed E-state index contributed by atoms with van der Waals surface area (Å²) < 4.78 is 13.3. The maximum atomic E-state index is 13.3. The Bertz CT molecular complexity index is 1280. The number of benzene rings is 3. The van der Waals surface area contributed by atoms with Gasteiger partial charge >= 0.3 is 5.97 Å². The fourth-order valence-corrected chi connectivity index (χ4v) is 4.95. The Hall–Kier alpha value is -4.00. The maximum absolute atomic E-state index is 13.3. The molecule has 3 aromatic carbocycles. The number of nitro benzene ring substituents is 1. The van der Waals surface area contributed by atoms with Crippen molar-refractivity contribution in [1.29, 1.82) is 0 Å². The quantitative estimate of drug-likeness (QED) is 0.127. The summed E-state index contributed by atoms with van der Waals surface area (Å²) in [7, 11) is 0. The molecule has 0 atom stereocenters. The van der Waals surface area contributed by atoms with Crippen LogP contribution in [0.25, 0.3) is 23.3 Å². The summed E-state index contributed by atoms with van der Waals surface area (Å²) in [5.41, 5.74) is 3.09. The molecular weight excluding hydrogens is 471 g/mol. The topological polar surface area (TPSA) is 92.5 Å². The normalized spacial score (nSPS) is 14.1. The molecule has 1 aliphatic carbocycles. The van der Waals surface area contributed by atoms with Crippen molar-refractivity contribution in [3.05, 3.63) is 93.3 Å². The highest BCUT2D eigenvalue weighted by atomic mass is 19.1. The van der Waals surface area contributed by atoms with Gasteiger partial charge in [-0.05, 0) is 71.3 Å². The summed E-state index contributed by atoms with van der Waals surface area (Å²) in [6.45, 7) is 0.685. The van der Waals surface area contributed by atoms with Gasteiger partial charge < -0.3 is 10.4 Å². The highest BCUT2D eigenvalue weighted by Crippen LogP contribution is 2.30. The lowest BCUT2D eigenvalue weighted by molar-refractivity contribution is -0.384. The van der Waals surface area contributed by atoms with Crippen molar-refractivity contribution >= 4 is 29.5 Å². The monoisotopic (exact) mass is 502 g/mol. The van der Waals surface area contributed by atoms with Gasteiger partial charge in [0.2, 0.25) is 0 Å². The van der Waals surface area contributed by atoms with E-state index in [1.54, 1.807) is 48.6 Å². The first kappa shape index (κ1) is 26.1. The lowest BCUT2D eigenvalue weighted by Gasteiger charge is -2.21. The second-order valence-electron chi connectivity index (χ2n) is 9.55. The van der Waals surface area contributed by atoms with Crippen LogP contribution in [-0.2, 0) is 0 Å². The summed E-state index contributed by atoms with van der Waals surface area (Å²) in [5, 5.41) is 24.6. The maximum Gasteiger partial charge on any atom is 0.336 e. The first-order valence-corrected chi connectivity index (χ1v) is 12.7. The van der Waals surface area contributed by atoms with E-state index >= 15 is 0 Å². The Morgan fingerprint density at radius 2 is 1.73 bits per heavy atom. The number of anilines is 1. The van der Waals surface area contributed by atoms with E-state index in [1.807, 2.05) is 0 Å². The standard InChI is InChI=1S/C30H31FN2O4/c31-26-14-11-23(12-15-26)24-13-16-27(30(34)35)25(20-24)10-8-22-9-17-28(29(19-22)33(36)37)32-18-4-7-21-5-2-1-3-6-21/h8-17,19-21,32H,1-7,18H2,(H,34,35). The van der Waals surface area contributed by atoms with Gasteiger partial charge in [0.05, 0.1) is 10.5 Å². The van der Waals surface area contributed by atoms with E-state index < -0.39 is 10.9 Å². The molecule has 0 heterocycles. The Morgan fingerprint density at radius 3 is 2.43 bits per heavy atom. The molecule has 2 N–H and O–H groups in total. The first-order valence-electron chi connectivity index (χ1n) is 12.7. The van der Waals surface area contributed by atoms with Crippen molar-refractivity contribution < 1.29 is 19.2 Å². The zero-order valence-electron chi connectivity index (χ0n) is 20.7. The number of halogens is 1. The number of nitro groups is 1. The van der Waals surface area contributed by atoms with Crippen molar-refractivity contribution in [1.82, 2.24) is 0 Å². The fraction of sp³-hybridized carbons (Fsp3) is 0.300. The van der Waals surface area contributed by atoms with Gasteiger partial charge in [0.25, 0.3) is 5.69 Å². The molecule has 0 aliphatic heterocycles. The van der Waals surface area contributed by atoms with E-state index in [0.29, 0.717) is 23.4 Å². The van der Waals surface area contributed by atoms with Crippen molar-refractivity contribution in [3.8, 4) is 11.1 Å². The van der Waals surface area contributed by atoms with Gasteiger partial charge in [-0.15, -0.1) is 0 Å². The minimum Gasteiger partial charge on any atom is -0.478 e. The third kappa shape index (κ3) is 7.03. The number of carboxylic acids is 1. The Morgan fingerprint density at radius 1 is 1.00 bits per heavy atom. The zero-order chi connectivity index (χ0) is 26.2. The zero-order valence-corrected chi connectivity index (χ0v) is 20.7. The smallest absolute Gasteiger partial charge is 0.336 e. The van der Waals surface area contributed by atoms with Gasteiger partial charge in [0.15, 0.2) is 0 Å². The average molecular weight is 503 g/mol. The van der Waals surface area contributed by atoms with E-state index in [-0.39, 0.29) is 17.1 Å². The number of hydrogen-bond donors (Lipinski definition) is 2. The van der Waals surface area contributed by atoms with Crippen LogP contribution in [0.1, 0.15) is 66.4 Å². The Balaban J connectivity index is 1.49. The molecule has 0 radical (unpaired) electrons.